The molecule has 5 heterocycles. The molecule has 4 aromatic carbocycles. The fraction of sp³-hybridized carbons (Fsp3) is 0.328. The number of aliphatic hydroxyl groups excluding tert-OH is 1. The van der Waals surface area contributed by atoms with Crippen molar-refractivity contribution < 1.29 is 33.8 Å². The number of β-amino-alcohol motifs (C(OH)–C–C–N with tert-alkyl or cyclic N) is 1. The number of Topliss-reactive ketones (excluding diaryl/α,β-unsaturated/α-hetero) is 1. The number of thiophene rings is 1. The zero-order chi connectivity index (χ0) is 53.1. The largest absolute Gasteiger partial charge is 0.457 e. The molecule has 388 valence electrons. The summed E-state index contributed by atoms with van der Waals surface area (Å²) < 4.78 is 14.1. The van der Waals surface area contributed by atoms with E-state index in [0.29, 0.717) is 28.6 Å². The first-order valence-corrected chi connectivity index (χ1v) is 27.0. The number of hydrogen-bond donors (Lipinski definition) is 3. The number of anilines is 1. The minimum atomic E-state index is -0.969. The molecule has 4 atom stereocenters. The van der Waals surface area contributed by atoms with E-state index in [1.165, 1.54) is 9.78 Å². The third kappa shape index (κ3) is 12.2. The topological polar surface area (TPSA) is 177 Å². The number of thiazole rings is 1. The second-order valence-corrected chi connectivity index (χ2v) is 22.7. The van der Waals surface area contributed by atoms with E-state index < -0.39 is 41.5 Å². The molecule has 75 heavy (non-hydrogen) atoms. The number of likely N-dealkylation sites (tertiary alicyclic amines) is 1. The number of nitrogens with one attached hydrogen (secondary N) is 2. The number of halogens is 1. The Balaban J connectivity index is 0.769. The van der Waals surface area contributed by atoms with Crippen molar-refractivity contribution in [1.82, 2.24) is 24.8 Å². The summed E-state index contributed by atoms with van der Waals surface area (Å²) in [5, 5.41) is 18.2. The lowest BCUT2D eigenvalue weighted by molar-refractivity contribution is -0.144. The number of hydrogen-bond acceptors (Lipinski definition) is 12. The highest BCUT2D eigenvalue weighted by atomic mass is 35.5. The second kappa shape index (κ2) is 22.6. The van der Waals surface area contributed by atoms with Gasteiger partial charge in [-0.25, -0.2) is 9.97 Å². The average molecular weight is 1070 g/mol. The van der Waals surface area contributed by atoms with E-state index in [1.54, 1.807) is 59.1 Å². The molecule has 17 heteroatoms. The molecule has 2 aliphatic heterocycles. The number of fused-ring (bicyclic) bond motifs is 3. The molecule has 14 nitrogen and oxygen atoms in total. The van der Waals surface area contributed by atoms with Crippen molar-refractivity contribution in [3.05, 3.63) is 164 Å². The van der Waals surface area contributed by atoms with Gasteiger partial charge in [-0.2, -0.15) is 0 Å². The first kappa shape index (κ1) is 53.0. The molecule has 7 aromatic rings. The van der Waals surface area contributed by atoms with Gasteiger partial charge in [0.2, 0.25) is 17.7 Å². The van der Waals surface area contributed by atoms with Gasteiger partial charge in [0.05, 0.1) is 58.9 Å². The smallest absolute Gasteiger partial charge is 0.246 e. The molecule has 0 radical (unpaired) electrons. The van der Waals surface area contributed by atoms with Gasteiger partial charge in [0.25, 0.3) is 0 Å². The van der Waals surface area contributed by atoms with Gasteiger partial charge in [0, 0.05) is 52.2 Å². The number of aliphatic hydroxyl groups is 1. The molecule has 0 aliphatic carbocycles. The zero-order valence-corrected chi connectivity index (χ0v) is 45.4. The van der Waals surface area contributed by atoms with Crippen molar-refractivity contribution in [3.8, 4) is 26.9 Å². The molecule has 0 spiro atoms. The molecule has 3 N–H and O–H groups in total. The lowest BCUT2D eigenvalue weighted by Crippen LogP contribution is -2.57. The predicted octanol–water partition coefficient (Wildman–Crippen LogP) is 10.9. The van der Waals surface area contributed by atoms with Crippen molar-refractivity contribution in [3.63, 3.8) is 0 Å². The Labute approximate surface area is 449 Å². The molecule has 2 unspecified atom stereocenters. The number of carbonyl (C=O) groups excluding carboxylic acids is 4. The van der Waals surface area contributed by atoms with Gasteiger partial charge in [-0.1, -0.05) is 87.0 Å². The number of rotatable bonds is 17. The van der Waals surface area contributed by atoms with Gasteiger partial charge in [-0.3, -0.25) is 28.7 Å². The molecule has 1 saturated heterocycles. The van der Waals surface area contributed by atoms with Crippen LogP contribution in [0.1, 0.15) is 96.0 Å². The SMILES string of the molecule is Cc1ncsc1-c1ccc(CCC(=O)[C@@H]2CC(O)CN2C(=O)[C@@H](NC(=O)COCc2ccc(Oc3cccc(NC(=O)CC4N=C(c5ccc(Cl)cc5)c5c(sc(C)c5C)-n5c4cnc5C)c3)cc2)C(C)(C)C)cc1. The summed E-state index contributed by atoms with van der Waals surface area (Å²) in [5.74, 6) is 0.627. The van der Waals surface area contributed by atoms with Crippen molar-refractivity contribution in [2.45, 2.75) is 105 Å². The predicted molar refractivity (Wildman–Crippen MR) is 294 cm³/mol. The first-order valence-electron chi connectivity index (χ1n) is 24.9. The molecular weight excluding hydrogens is 1010 g/mol. The van der Waals surface area contributed by atoms with E-state index >= 15 is 0 Å². The molecule has 9 rings (SSSR count). The number of nitrogens with zero attached hydrogens (tertiary/aromatic N) is 5. The van der Waals surface area contributed by atoms with Crippen LogP contribution in [0, 0.1) is 33.1 Å². The van der Waals surface area contributed by atoms with Gasteiger partial charge < -0.3 is 30.1 Å². The zero-order valence-electron chi connectivity index (χ0n) is 43.0. The van der Waals surface area contributed by atoms with Gasteiger partial charge in [-0.05, 0) is 98.2 Å². The fourth-order valence-electron chi connectivity index (χ4n) is 9.56. The molecule has 0 saturated carbocycles. The number of imidazole rings is 1. The van der Waals surface area contributed by atoms with Gasteiger partial charge in [-0.15, -0.1) is 22.7 Å². The summed E-state index contributed by atoms with van der Waals surface area (Å²) in [6.07, 6.45) is 1.88. The molecule has 3 aromatic heterocycles. The van der Waals surface area contributed by atoms with Gasteiger partial charge in [0.1, 0.15) is 41.0 Å². The maximum absolute atomic E-state index is 14.1. The van der Waals surface area contributed by atoms with E-state index in [0.717, 1.165) is 66.2 Å². The van der Waals surface area contributed by atoms with Crippen molar-refractivity contribution in [1.29, 1.82) is 0 Å². The van der Waals surface area contributed by atoms with Gasteiger partial charge >= 0.3 is 0 Å². The molecule has 1 fully saturated rings. The van der Waals surface area contributed by atoms with Crippen LogP contribution in [0.3, 0.4) is 0 Å². The normalized spacial score (nSPS) is 16.6. The number of aryl methyl sites for hydroxylation is 4. The standard InChI is InChI=1S/C58H60ClN7O7S2/c1-33-35(3)75-57-52(33)53(39-18-20-41(59)21-19-39)63-46(48-28-60-36(4)66(48)57)27-50(69)62-42-9-8-10-45(25-42)73-44-22-13-38(14-23-44)30-72-31-51(70)64-55(58(5,6)7)56(71)65-29-43(67)26-47(65)49(68)24-15-37-11-16-40(17-12-37)54-34(2)61-32-74-54/h8-14,16-23,25,28,32,43,46-47,55,67H,15,24,26-27,29-31H2,1-7H3,(H,62,69)(H,64,70)/t43?,46?,47-,55+/m0/s1. The van der Waals surface area contributed by atoms with E-state index in [2.05, 4.69) is 39.0 Å². The third-order valence-electron chi connectivity index (χ3n) is 13.6. The van der Waals surface area contributed by atoms with E-state index in [1.807, 2.05) is 107 Å². The number of amides is 3. The number of carbonyl (C=O) groups is 4. The number of benzene rings is 4. The summed E-state index contributed by atoms with van der Waals surface area (Å²) in [4.78, 5) is 72.9. The Morgan fingerprint density at radius 3 is 2.31 bits per heavy atom. The maximum Gasteiger partial charge on any atom is 0.246 e. The number of ether oxygens (including phenoxy) is 2. The maximum atomic E-state index is 14.1. The number of ketones is 1. The average Bonchev–Trinajstić information content (AvgIpc) is 4.16. The highest BCUT2D eigenvalue weighted by Gasteiger charge is 2.44. The van der Waals surface area contributed by atoms with Crippen LogP contribution in [0.25, 0.3) is 15.4 Å². The first-order chi connectivity index (χ1) is 35.9. The molecule has 0 bridgehead atoms. The van der Waals surface area contributed by atoms with Gasteiger partial charge in [0.15, 0.2) is 5.78 Å². The van der Waals surface area contributed by atoms with Crippen molar-refractivity contribution >= 4 is 69.2 Å². The Hall–Kier alpha value is -6.82. The van der Waals surface area contributed by atoms with Crippen LogP contribution in [0.4, 0.5) is 5.69 Å². The van der Waals surface area contributed by atoms with Crippen LogP contribution in [-0.4, -0.2) is 85.1 Å². The minimum Gasteiger partial charge on any atom is -0.457 e. The highest BCUT2D eigenvalue weighted by Crippen LogP contribution is 2.41. The number of aliphatic imine (C=N–C) groups is 1. The number of aromatic nitrogens is 3. The summed E-state index contributed by atoms with van der Waals surface area (Å²) in [6.45, 7) is 13.5. The summed E-state index contributed by atoms with van der Waals surface area (Å²) in [7, 11) is 0. The van der Waals surface area contributed by atoms with Crippen LogP contribution in [-0.2, 0) is 36.9 Å². The third-order valence-corrected chi connectivity index (χ3v) is 16.1. The lowest BCUT2D eigenvalue weighted by Gasteiger charge is -2.35. The van der Waals surface area contributed by atoms with Crippen LogP contribution in [0.5, 0.6) is 11.5 Å². The lowest BCUT2D eigenvalue weighted by atomic mass is 9.85. The molecule has 3 amide bonds. The monoisotopic (exact) mass is 1070 g/mol. The van der Waals surface area contributed by atoms with Crippen LogP contribution in [0.2, 0.25) is 5.02 Å². The summed E-state index contributed by atoms with van der Waals surface area (Å²) in [5.41, 5.74) is 10.2. The Morgan fingerprint density at radius 2 is 1.60 bits per heavy atom. The Kier molecular flexibility index (Phi) is 16.0. The molecule has 2 aliphatic rings. The van der Waals surface area contributed by atoms with Crippen LogP contribution in [0.15, 0.2) is 114 Å². The van der Waals surface area contributed by atoms with Crippen LogP contribution < -0.4 is 15.4 Å². The van der Waals surface area contributed by atoms with E-state index in [-0.39, 0.29) is 50.7 Å². The van der Waals surface area contributed by atoms with Crippen LogP contribution >= 0.6 is 34.3 Å². The van der Waals surface area contributed by atoms with Crippen molar-refractivity contribution in [2.75, 3.05) is 18.5 Å². The highest BCUT2D eigenvalue weighted by molar-refractivity contribution is 7.15. The van der Waals surface area contributed by atoms with E-state index in [9.17, 15) is 24.3 Å². The second-order valence-electron chi connectivity index (χ2n) is 20.2. The summed E-state index contributed by atoms with van der Waals surface area (Å²) in [6, 6.07) is 27.8. The Bertz CT molecular complexity index is 3270. The molecular formula is C58H60ClN7O7S2. The Morgan fingerprint density at radius 1 is 0.880 bits per heavy atom. The minimum absolute atomic E-state index is 0.00764. The van der Waals surface area contributed by atoms with E-state index in [4.69, 9.17) is 26.1 Å². The quantitative estimate of drug-likeness (QED) is 0.0801. The fourth-order valence-corrected chi connectivity index (χ4v) is 11.7. The summed E-state index contributed by atoms with van der Waals surface area (Å²) >= 11 is 9.56. The van der Waals surface area contributed by atoms with Crippen molar-refractivity contribution in [2.24, 2.45) is 10.4 Å².